The molecule has 0 unspecified atom stereocenters. The second kappa shape index (κ2) is 9.05. The number of rotatable bonds is 9. The summed E-state index contributed by atoms with van der Waals surface area (Å²) in [6.07, 6.45) is 0.919. The molecule has 0 bridgehead atoms. The van der Waals surface area contributed by atoms with Crippen LogP contribution in [-0.4, -0.2) is 26.9 Å². The van der Waals surface area contributed by atoms with E-state index < -0.39 is 0 Å². The van der Waals surface area contributed by atoms with Gasteiger partial charge in [0.2, 0.25) is 0 Å². The van der Waals surface area contributed by atoms with Crippen molar-refractivity contribution in [3.8, 4) is 5.75 Å². The van der Waals surface area contributed by atoms with Gasteiger partial charge in [0.15, 0.2) is 0 Å². The summed E-state index contributed by atoms with van der Waals surface area (Å²) >= 11 is 7.78. The molecule has 5 heteroatoms. The van der Waals surface area contributed by atoms with Gasteiger partial charge in [0, 0.05) is 37.2 Å². The Hall–Kier alpha value is -1.07. The zero-order chi connectivity index (χ0) is 14.9. The Labute approximate surface area is 134 Å². The van der Waals surface area contributed by atoms with Gasteiger partial charge in [0.1, 0.15) is 5.75 Å². The van der Waals surface area contributed by atoms with Crippen molar-refractivity contribution in [1.82, 2.24) is 5.32 Å². The summed E-state index contributed by atoms with van der Waals surface area (Å²) in [6.45, 7) is 2.88. The molecule has 1 aromatic heterocycles. The van der Waals surface area contributed by atoms with Crippen LogP contribution in [0.1, 0.15) is 11.1 Å². The van der Waals surface area contributed by atoms with E-state index in [9.17, 15) is 0 Å². The highest BCUT2D eigenvalue weighted by Gasteiger charge is 2.05. The summed E-state index contributed by atoms with van der Waals surface area (Å²) in [5.74, 6) is 0.888. The maximum absolute atomic E-state index is 6.07. The average Bonchev–Trinajstić information content (AvgIpc) is 2.99. The predicted octanol–water partition coefficient (Wildman–Crippen LogP) is 3.76. The van der Waals surface area contributed by atoms with Crippen LogP contribution in [0.4, 0.5) is 0 Å². The fourth-order valence-electron chi connectivity index (χ4n) is 1.94. The highest BCUT2D eigenvalue weighted by Crippen LogP contribution is 2.23. The molecule has 3 nitrogen and oxygen atoms in total. The van der Waals surface area contributed by atoms with E-state index in [1.807, 2.05) is 18.2 Å². The lowest BCUT2D eigenvalue weighted by atomic mass is 10.2. The lowest BCUT2D eigenvalue weighted by molar-refractivity contribution is 0.199. The van der Waals surface area contributed by atoms with Crippen LogP contribution in [0.2, 0.25) is 5.02 Å². The summed E-state index contributed by atoms with van der Waals surface area (Å²) in [7, 11) is 1.69. The van der Waals surface area contributed by atoms with Crippen LogP contribution in [0.3, 0.4) is 0 Å². The van der Waals surface area contributed by atoms with E-state index >= 15 is 0 Å². The molecule has 0 aliphatic heterocycles. The molecule has 2 aromatic rings. The molecule has 114 valence electrons. The third-order valence-electron chi connectivity index (χ3n) is 3.05. The number of hydrogen-bond acceptors (Lipinski definition) is 4. The molecule has 0 saturated heterocycles. The smallest absolute Gasteiger partial charge is 0.123 e. The van der Waals surface area contributed by atoms with Crippen molar-refractivity contribution in [2.75, 3.05) is 26.9 Å². The zero-order valence-corrected chi connectivity index (χ0v) is 13.7. The summed E-state index contributed by atoms with van der Waals surface area (Å²) < 4.78 is 10.9. The van der Waals surface area contributed by atoms with Crippen molar-refractivity contribution in [3.63, 3.8) is 0 Å². The van der Waals surface area contributed by atoms with Crippen molar-refractivity contribution >= 4 is 22.9 Å². The quantitative estimate of drug-likeness (QED) is 0.712. The number of ether oxygens (including phenoxy) is 2. The van der Waals surface area contributed by atoms with Crippen LogP contribution in [0, 0.1) is 0 Å². The van der Waals surface area contributed by atoms with E-state index in [0.717, 1.165) is 35.8 Å². The molecule has 2 rings (SSSR count). The minimum absolute atomic E-state index is 0.670. The van der Waals surface area contributed by atoms with E-state index in [1.54, 1.807) is 18.4 Å². The van der Waals surface area contributed by atoms with Crippen molar-refractivity contribution < 1.29 is 9.47 Å². The predicted molar refractivity (Wildman–Crippen MR) is 88.6 cm³/mol. The molecular formula is C16H20ClNO2S. The summed E-state index contributed by atoms with van der Waals surface area (Å²) in [4.78, 5) is 0. The van der Waals surface area contributed by atoms with Gasteiger partial charge in [-0.1, -0.05) is 11.6 Å². The van der Waals surface area contributed by atoms with Crippen molar-refractivity contribution in [1.29, 1.82) is 0 Å². The van der Waals surface area contributed by atoms with Gasteiger partial charge in [-0.05, 0) is 40.6 Å². The Kier molecular flexibility index (Phi) is 7.03. The van der Waals surface area contributed by atoms with Crippen molar-refractivity contribution in [3.05, 3.63) is 51.2 Å². The van der Waals surface area contributed by atoms with Gasteiger partial charge in [-0.15, -0.1) is 0 Å². The molecule has 0 amide bonds. The second-order valence-corrected chi connectivity index (χ2v) is 5.87. The number of hydrogen-bond donors (Lipinski definition) is 1. The highest BCUT2D eigenvalue weighted by atomic mass is 35.5. The molecule has 1 aromatic carbocycles. The summed E-state index contributed by atoms with van der Waals surface area (Å²) in [5.41, 5.74) is 2.39. The topological polar surface area (TPSA) is 30.5 Å². The number of methoxy groups -OCH3 is 1. The Morgan fingerprint density at radius 3 is 2.90 bits per heavy atom. The van der Waals surface area contributed by atoms with Gasteiger partial charge < -0.3 is 14.8 Å². The van der Waals surface area contributed by atoms with Gasteiger partial charge in [-0.3, -0.25) is 0 Å². The maximum Gasteiger partial charge on any atom is 0.123 e. The lowest BCUT2D eigenvalue weighted by Crippen LogP contribution is -2.19. The molecule has 0 saturated carbocycles. The Morgan fingerprint density at radius 2 is 2.14 bits per heavy atom. The van der Waals surface area contributed by atoms with Crippen LogP contribution in [0.5, 0.6) is 5.75 Å². The first kappa shape index (κ1) is 16.3. The monoisotopic (exact) mass is 325 g/mol. The Morgan fingerprint density at radius 1 is 1.24 bits per heavy atom. The molecule has 1 N–H and O–H groups in total. The minimum atomic E-state index is 0.670. The summed E-state index contributed by atoms with van der Waals surface area (Å²) in [5, 5.41) is 8.28. The van der Waals surface area contributed by atoms with Crippen LogP contribution in [-0.2, 0) is 17.7 Å². The number of halogens is 1. The van der Waals surface area contributed by atoms with Crippen molar-refractivity contribution in [2.24, 2.45) is 0 Å². The van der Waals surface area contributed by atoms with Gasteiger partial charge in [-0.2, -0.15) is 11.3 Å². The molecule has 1 heterocycles. The lowest BCUT2D eigenvalue weighted by Gasteiger charge is -2.12. The first-order valence-corrected chi connectivity index (χ1v) is 8.23. The number of thiophene rings is 1. The van der Waals surface area contributed by atoms with E-state index in [2.05, 4.69) is 22.1 Å². The minimum Gasteiger partial charge on any atom is -0.493 e. The standard InChI is InChI=1S/C16H20ClNO2S/c1-19-8-6-18-11-14-10-15(17)2-3-16(14)20-7-4-13-5-9-21-12-13/h2-3,5,9-10,12,18H,4,6-8,11H2,1H3. The van der Waals surface area contributed by atoms with Crippen molar-refractivity contribution in [2.45, 2.75) is 13.0 Å². The third-order valence-corrected chi connectivity index (χ3v) is 4.02. The third kappa shape index (κ3) is 5.67. The molecular weight excluding hydrogens is 306 g/mol. The molecule has 0 spiro atoms. The van der Waals surface area contributed by atoms with Crippen LogP contribution in [0.25, 0.3) is 0 Å². The molecule has 0 aliphatic carbocycles. The van der Waals surface area contributed by atoms with E-state index in [4.69, 9.17) is 21.1 Å². The van der Waals surface area contributed by atoms with Crippen LogP contribution < -0.4 is 10.1 Å². The Bertz CT molecular complexity index is 531. The maximum atomic E-state index is 6.07. The summed E-state index contributed by atoms with van der Waals surface area (Å²) in [6, 6.07) is 7.87. The van der Waals surface area contributed by atoms with Crippen LogP contribution in [0.15, 0.2) is 35.0 Å². The normalized spacial score (nSPS) is 10.8. The van der Waals surface area contributed by atoms with Gasteiger partial charge in [0.05, 0.1) is 13.2 Å². The van der Waals surface area contributed by atoms with Gasteiger partial charge in [0.25, 0.3) is 0 Å². The molecule has 21 heavy (non-hydrogen) atoms. The zero-order valence-electron chi connectivity index (χ0n) is 12.1. The van der Waals surface area contributed by atoms with E-state index in [0.29, 0.717) is 13.2 Å². The number of nitrogens with one attached hydrogen (secondary N) is 1. The fourth-order valence-corrected chi connectivity index (χ4v) is 2.84. The molecule has 0 atom stereocenters. The first-order valence-electron chi connectivity index (χ1n) is 6.91. The molecule has 0 radical (unpaired) electrons. The first-order chi connectivity index (χ1) is 10.3. The van der Waals surface area contributed by atoms with Gasteiger partial charge in [-0.25, -0.2) is 0 Å². The molecule has 0 fully saturated rings. The fraction of sp³-hybridized carbons (Fsp3) is 0.375. The Balaban J connectivity index is 1.87. The second-order valence-electron chi connectivity index (χ2n) is 4.65. The van der Waals surface area contributed by atoms with Gasteiger partial charge >= 0.3 is 0 Å². The number of benzene rings is 1. The molecule has 0 aliphatic rings. The van der Waals surface area contributed by atoms with E-state index in [1.165, 1.54) is 5.56 Å². The average molecular weight is 326 g/mol. The SMILES string of the molecule is COCCNCc1cc(Cl)ccc1OCCc1ccsc1. The van der Waals surface area contributed by atoms with E-state index in [-0.39, 0.29) is 0 Å². The highest BCUT2D eigenvalue weighted by molar-refractivity contribution is 7.07. The van der Waals surface area contributed by atoms with Crippen LogP contribution >= 0.6 is 22.9 Å². The largest absolute Gasteiger partial charge is 0.493 e.